The van der Waals surface area contributed by atoms with E-state index in [1.807, 2.05) is 39.0 Å². The molecule has 1 rings (SSSR count). The van der Waals surface area contributed by atoms with Crippen LogP contribution in [0.25, 0.3) is 0 Å². The molecule has 2 atom stereocenters. The van der Waals surface area contributed by atoms with E-state index >= 15 is 0 Å². The summed E-state index contributed by atoms with van der Waals surface area (Å²) in [4.78, 5) is 12.1. The summed E-state index contributed by atoms with van der Waals surface area (Å²) in [6.07, 6.45) is 2.91. The van der Waals surface area contributed by atoms with Gasteiger partial charge in [-0.2, -0.15) is 0 Å². The minimum absolute atomic E-state index is 0.0145. The second-order valence-electron chi connectivity index (χ2n) is 5.46. The molecule has 0 fully saturated rings. The molecule has 1 aromatic carbocycles. The summed E-state index contributed by atoms with van der Waals surface area (Å²) >= 11 is 0. The summed E-state index contributed by atoms with van der Waals surface area (Å²) in [7, 11) is 0. The maximum absolute atomic E-state index is 12.1. The highest BCUT2D eigenvalue weighted by Crippen LogP contribution is 2.10. The quantitative estimate of drug-likeness (QED) is 0.828. The molecule has 3 nitrogen and oxygen atoms in total. The van der Waals surface area contributed by atoms with Gasteiger partial charge in [0.05, 0.1) is 0 Å². The number of nitrogens with one attached hydrogen (secondary N) is 1. The van der Waals surface area contributed by atoms with E-state index < -0.39 is 0 Å². The zero-order valence-corrected chi connectivity index (χ0v) is 12.5. The van der Waals surface area contributed by atoms with Crippen LogP contribution in [0.2, 0.25) is 0 Å². The molecular formula is C16H26N2O. The minimum Gasteiger partial charge on any atom is -0.350 e. The van der Waals surface area contributed by atoms with Crippen molar-refractivity contribution in [1.82, 2.24) is 5.32 Å². The minimum atomic E-state index is -0.0145. The predicted molar refractivity (Wildman–Crippen MR) is 80.3 cm³/mol. The Labute approximate surface area is 116 Å². The van der Waals surface area contributed by atoms with Crippen LogP contribution < -0.4 is 11.1 Å². The highest BCUT2D eigenvalue weighted by atomic mass is 16.1. The smallest absolute Gasteiger partial charge is 0.251 e. The van der Waals surface area contributed by atoms with Crippen molar-refractivity contribution >= 4 is 5.91 Å². The normalized spacial score (nSPS) is 13.9. The number of carbonyl (C=O) groups excluding carboxylic acids is 1. The molecule has 0 saturated heterocycles. The van der Waals surface area contributed by atoms with Crippen LogP contribution >= 0.6 is 0 Å². The lowest BCUT2D eigenvalue weighted by Gasteiger charge is -2.18. The number of nitrogens with two attached hydrogens (primary N) is 1. The van der Waals surface area contributed by atoms with Crippen molar-refractivity contribution in [2.24, 2.45) is 5.73 Å². The van der Waals surface area contributed by atoms with Crippen molar-refractivity contribution in [2.75, 3.05) is 0 Å². The van der Waals surface area contributed by atoms with Crippen molar-refractivity contribution in [2.45, 2.75) is 59.0 Å². The summed E-state index contributed by atoms with van der Waals surface area (Å²) in [5, 5.41) is 3.01. The van der Waals surface area contributed by atoms with Gasteiger partial charge in [0.15, 0.2) is 0 Å². The molecule has 106 valence electrons. The van der Waals surface area contributed by atoms with Crippen LogP contribution in [-0.4, -0.2) is 18.0 Å². The molecule has 0 saturated carbocycles. The van der Waals surface area contributed by atoms with E-state index in [1.54, 1.807) is 0 Å². The molecule has 3 heteroatoms. The molecule has 0 aliphatic rings. The van der Waals surface area contributed by atoms with Gasteiger partial charge in [0, 0.05) is 17.6 Å². The van der Waals surface area contributed by atoms with Crippen LogP contribution in [-0.2, 0) is 0 Å². The van der Waals surface area contributed by atoms with E-state index in [4.69, 9.17) is 5.73 Å². The summed E-state index contributed by atoms with van der Waals surface area (Å²) in [5.41, 5.74) is 9.06. The Kier molecular flexibility index (Phi) is 6.03. The molecule has 19 heavy (non-hydrogen) atoms. The molecule has 1 amide bonds. The molecule has 0 aliphatic carbocycles. The first kappa shape index (κ1) is 15.7. The topological polar surface area (TPSA) is 55.1 Å². The molecule has 3 N–H and O–H groups in total. The fraction of sp³-hybridized carbons (Fsp3) is 0.562. The Morgan fingerprint density at radius 1 is 1.32 bits per heavy atom. The van der Waals surface area contributed by atoms with Gasteiger partial charge in [-0.1, -0.05) is 19.4 Å². The van der Waals surface area contributed by atoms with Crippen molar-refractivity contribution in [3.8, 4) is 0 Å². The van der Waals surface area contributed by atoms with Gasteiger partial charge in [0.2, 0.25) is 0 Å². The van der Waals surface area contributed by atoms with E-state index in [0.29, 0.717) is 0 Å². The molecule has 0 aliphatic heterocycles. The monoisotopic (exact) mass is 262 g/mol. The van der Waals surface area contributed by atoms with Crippen LogP contribution in [0, 0.1) is 13.8 Å². The zero-order chi connectivity index (χ0) is 14.4. The lowest BCUT2D eigenvalue weighted by Crippen LogP contribution is -2.37. The average molecular weight is 262 g/mol. The van der Waals surface area contributed by atoms with Crippen LogP contribution in [0.5, 0.6) is 0 Å². The summed E-state index contributed by atoms with van der Waals surface area (Å²) in [6.45, 7) is 8.20. The van der Waals surface area contributed by atoms with Crippen molar-refractivity contribution in [3.05, 3.63) is 34.9 Å². The van der Waals surface area contributed by atoms with Crippen molar-refractivity contribution < 1.29 is 4.79 Å². The Morgan fingerprint density at radius 3 is 2.58 bits per heavy atom. The third-order valence-electron chi connectivity index (χ3n) is 3.46. The molecule has 0 bridgehead atoms. The number of aryl methyl sites for hydroxylation is 2. The first-order chi connectivity index (χ1) is 8.93. The van der Waals surface area contributed by atoms with E-state index in [0.717, 1.165) is 30.4 Å². The molecule has 2 unspecified atom stereocenters. The van der Waals surface area contributed by atoms with Crippen molar-refractivity contribution in [1.29, 1.82) is 0 Å². The fourth-order valence-corrected chi connectivity index (χ4v) is 2.19. The maximum atomic E-state index is 12.1. The van der Waals surface area contributed by atoms with E-state index in [-0.39, 0.29) is 18.0 Å². The molecular weight excluding hydrogens is 236 g/mol. The number of rotatable bonds is 6. The van der Waals surface area contributed by atoms with Crippen LogP contribution in [0.3, 0.4) is 0 Å². The summed E-state index contributed by atoms with van der Waals surface area (Å²) in [5.74, 6) is -0.0145. The average Bonchev–Trinajstić information content (AvgIpc) is 2.32. The predicted octanol–water partition coefficient (Wildman–Crippen LogP) is 2.94. The van der Waals surface area contributed by atoms with Crippen molar-refractivity contribution in [3.63, 3.8) is 0 Å². The standard InChI is InChI=1S/C16H26N2O/c1-5-6-15(17)10-13(4)18-16(19)14-8-7-11(2)12(3)9-14/h7-9,13,15H,5-6,10,17H2,1-4H3,(H,18,19). The van der Waals surface area contributed by atoms with E-state index in [9.17, 15) is 4.79 Å². The van der Waals surface area contributed by atoms with Gasteiger partial charge in [-0.05, 0) is 56.9 Å². The number of amides is 1. The third kappa shape index (κ3) is 5.03. The first-order valence-corrected chi connectivity index (χ1v) is 7.07. The van der Waals surface area contributed by atoms with Gasteiger partial charge < -0.3 is 11.1 Å². The van der Waals surface area contributed by atoms with Gasteiger partial charge in [-0.25, -0.2) is 0 Å². The highest BCUT2D eigenvalue weighted by molar-refractivity contribution is 5.94. The Balaban J connectivity index is 2.56. The van der Waals surface area contributed by atoms with Crippen LogP contribution in [0.4, 0.5) is 0 Å². The lowest BCUT2D eigenvalue weighted by molar-refractivity contribution is 0.0937. The maximum Gasteiger partial charge on any atom is 0.251 e. The van der Waals surface area contributed by atoms with Gasteiger partial charge >= 0.3 is 0 Å². The summed E-state index contributed by atoms with van der Waals surface area (Å²) in [6, 6.07) is 6.06. The molecule has 0 radical (unpaired) electrons. The fourth-order valence-electron chi connectivity index (χ4n) is 2.19. The summed E-state index contributed by atoms with van der Waals surface area (Å²) < 4.78 is 0. The number of hydrogen-bond donors (Lipinski definition) is 2. The number of benzene rings is 1. The van der Waals surface area contributed by atoms with Crippen LogP contribution in [0.15, 0.2) is 18.2 Å². The third-order valence-corrected chi connectivity index (χ3v) is 3.46. The molecule has 1 aromatic rings. The van der Waals surface area contributed by atoms with Gasteiger partial charge in [0.1, 0.15) is 0 Å². The second kappa shape index (κ2) is 7.29. The van der Waals surface area contributed by atoms with Gasteiger partial charge in [0.25, 0.3) is 5.91 Å². The number of carbonyl (C=O) groups is 1. The second-order valence-corrected chi connectivity index (χ2v) is 5.46. The Hall–Kier alpha value is -1.35. The Morgan fingerprint density at radius 2 is 2.00 bits per heavy atom. The Bertz CT molecular complexity index is 429. The van der Waals surface area contributed by atoms with E-state index in [2.05, 4.69) is 12.2 Å². The van der Waals surface area contributed by atoms with Gasteiger partial charge in [-0.3, -0.25) is 4.79 Å². The lowest BCUT2D eigenvalue weighted by atomic mass is 10.0. The first-order valence-electron chi connectivity index (χ1n) is 7.07. The SMILES string of the molecule is CCCC(N)CC(C)NC(=O)c1ccc(C)c(C)c1. The molecule has 0 heterocycles. The number of hydrogen-bond acceptors (Lipinski definition) is 2. The van der Waals surface area contributed by atoms with E-state index in [1.165, 1.54) is 5.56 Å². The largest absolute Gasteiger partial charge is 0.350 e. The molecule has 0 spiro atoms. The van der Waals surface area contributed by atoms with Crippen LogP contribution in [0.1, 0.15) is 54.6 Å². The highest BCUT2D eigenvalue weighted by Gasteiger charge is 2.13. The molecule has 0 aromatic heterocycles. The van der Waals surface area contributed by atoms with Gasteiger partial charge in [-0.15, -0.1) is 0 Å². The zero-order valence-electron chi connectivity index (χ0n) is 12.5.